The number of carbonyl (C=O) groups excluding carboxylic acids is 2. The zero-order chi connectivity index (χ0) is 20.0. The fourth-order valence-corrected chi connectivity index (χ4v) is 3.20. The van der Waals surface area contributed by atoms with Crippen molar-refractivity contribution in [2.75, 3.05) is 30.4 Å². The van der Waals surface area contributed by atoms with Crippen molar-refractivity contribution in [1.29, 1.82) is 0 Å². The minimum absolute atomic E-state index is 0.104. The standard InChI is InChI=1S/C21H24FN3O3/c22-17-3-1-2-4-18(17)25-19(26)13-15-5-7-16(8-6-15)24-20(27)21(14-23)9-11-28-12-10-21/h1-8H,9-14,23H2,(H,24,27)(H,25,26). The Morgan fingerprint density at radius 2 is 1.71 bits per heavy atom. The van der Waals surface area contributed by atoms with Crippen LogP contribution < -0.4 is 16.4 Å². The molecular formula is C21H24FN3O3. The SMILES string of the molecule is NCC1(C(=O)Nc2ccc(CC(=O)Nc3ccccc3F)cc2)CCOCC1. The number of hydrogen-bond acceptors (Lipinski definition) is 4. The average molecular weight is 385 g/mol. The highest BCUT2D eigenvalue weighted by Crippen LogP contribution is 2.31. The smallest absolute Gasteiger partial charge is 0.232 e. The molecule has 2 aromatic rings. The van der Waals surface area contributed by atoms with Crippen molar-refractivity contribution < 1.29 is 18.7 Å². The first kappa shape index (κ1) is 20.0. The molecule has 7 heteroatoms. The predicted molar refractivity (Wildman–Crippen MR) is 105 cm³/mol. The molecule has 0 aliphatic carbocycles. The lowest BCUT2D eigenvalue weighted by molar-refractivity contribution is -0.130. The fraction of sp³-hybridized carbons (Fsp3) is 0.333. The van der Waals surface area contributed by atoms with E-state index in [-0.39, 0.29) is 30.5 Å². The number of halogens is 1. The van der Waals surface area contributed by atoms with Gasteiger partial charge in [-0.2, -0.15) is 0 Å². The molecule has 0 atom stereocenters. The van der Waals surface area contributed by atoms with Gasteiger partial charge in [-0.05, 0) is 42.7 Å². The van der Waals surface area contributed by atoms with Crippen LogP contribution in [0.2, 0.25) is 0 Å². The van der Waals surface area contributed by atoms with Gasteiger partial charge in [-0.3, -0.25) is 9.59 Å². The Morgan fingerprint density at radius 3 is 2.36 bits per heavy atom. The summed E-state index contributed by atoms with van der Waals surface area (Å²) in [5.41, 5.74) is 6.81. The zero-order valence-corrected chi connectivity index (χ0v) is 15.5. The Bertz CT molecular complexity index is 833. The Labute approximate surface area is 163 Å². The van der Waals surface area contributed by atoms with Crippen LogP contribution in [0.1, 0.15) is 18.4 Å². The first-order chi connectivity index (χ1) is 13.5. The number of benzene rings is 2. The molecule has 2 aromatic carbocycles. The quantitative estimate of drug-likeness (QED) is 0.713. The molecule has 28 heavy (non-hydrogen) atoms. The molecule has 2 amide bonds. The number of para-hydroxylation sites is 1. The molecule has 1 saturated heterocycles. The van der Waals surface area contributed by atoms with Crippen molar-refractivity contribution in [2.24, 2.45) is 11.1 Å². The van der Waals surface area contributed by atoms with Crippen molar-refractivity contribution in [3.8, 4) is 0 Å². The van der Waals surface area contributed by atoms with Gasteiger partial charge in [-0.25, -0.2) is 4.39 Å². The molecule has 1 heterocycles. The van der Waals surface area contributed by atoms with Crippen molar-refractivity contribution >= 4 is 23.2 Å². The topological polar surface area (TPSA) is 93.5 Å². The third-order valence-electron chi connectivity index (χ3n) is 5.05. The number of nitrogens with one attached hydrogen (secondary N) is 2. The van der Waals surface area contributed by atoms with Crippen molar-refractivity contribution in [2.45, 2.75) is 19.3 Å². The van der Waals surface area contributed by atoms with Crippen LogP contribution in [-0.2, 0) is 20.7 Å². The van der Waals surface area contributed by atoms with E-state index in [2.05, 4.69) is 10.6 Å². The number of rotatable bonds is 6. The highest BCUT2D eigenvalue weighted by molar-refractivity contribution is 5.96. The van der Waals surface area contributed by atoms with Gasteiger partial charge in [-0.15, -0.1) is 0 Å². The highest BCUT2D eigenvalue weighted by Gasteiger charge is 2.38. The van der Waals surface area contributed by atoms with Gasteiger partial charge in [0.25, 0.3) is 0 Å². The van der Waals surface area contributed by atoms with E-state index in [4.69, 9.17) is 10.5 Å². The van der Waals surface area contributed by atoms with Crippen molar-refractivity contribution in [3.05, 3.63) is 59.9 Å². The summed E-state index contributed by atoms with van der Waals surface area (Å²) >= 11 is 0. The van der Waals surface area contributed by atoms with Gasteiger partial charge in [-0.1, -0.05) is 24.3 Å². The van der Waals surface area contributed by atoms with E-state index in [1.165, 1.54) is 12.1 Å². The molecule has 1 aliphatic rings. The van der Waals surface area contributed by atoms with E-state index >= 15 is 0 Å². The van der Waals surface area contributed by atoms with E-state index in [9.17, 15) is 14.0 Å². The van der Waals surface area contributed by atoms with Gasteiger partial charge in [0, 0.05) is 25.4 Å². The maximum atomic E-state index is 13.6. The van der Waals surface area contributed by atoms with Crippen LogP contribution >= 0.6 is 0 Å². The second kappa shape index (κ2) is 8.95. The molecule has 1 aliphatic heterocycles. The lowest BCUT2D eigenvalue weighted by Gasteiger charge is -2.34. The van der Waals surface area contributed by atoms with E-state index < -0.39 is 11.2 Å². The molecule has 4 N–H and O–H groups in total. The van der Waals surface area contributed by atoms with Crippen LogP contribution in [-0.4, -0.2) is 31.6 Å². The third-order valence-corrected chi connectivity index (χ3v) is 5.05. The maximum absolute atomic E-state index is 13.6. The summed E-state index contributed by atoms with van der Waals surface area (Å²) in [6.45, 7) is 1.33. The van der Waals surface area contributed by atoms with Crippen molar-refractivity contribution in [3.63, 3.8) is 0 Å². The Morgan fingerprint density at radius 1 is 1.04 bits per heavy atom. The first-order valence-corrected chi connectivity index (χ1v) is 9.25. The lowest BCUT2D eigenvalue weighted by atomic mass is 9.79. The molecular weight excluding hydrogens is 361 g/mol. The number of amides is 2. The number of hydrogen-bond donors (Lipinski definition) is 3. The molecule has 0 unspecified atom stereocenters. The van der Waals surface area contributed by atoms with Gasteiger partial charge in [0.15, 0.2) is 0 Å². The first-order valence-electron chi connectivity index (χ1n) is 9.25. The average Bonchev–Trinajstić information content (AvgIpc) is 2.71. The van der Waals surface area contributed by atoms with E-state index in [1.807, 2.05) is 0 Å². The molecule has 0 aromatic heterocycles. The van der Waals surface area contributed by atoms with Crippen LogP contribution in [0.5, 0.6) is 0 Å². The number of ether oxygens (including phenoxy) is 1. The molecule has 0 saturated carbocycles. The summed E-state index contributed by atoms with van der Waals surface area (Å²) in [6.07, 6.45) is 1.31. The van der Waals surface area contributed by atoms with E-state index in [1.54, 1.807) is 36.4 Å². The second-order valence-corrected chi connectivity index (χ2v) is 6.95. The number of nitrogens with two attached hydrogens (primary N) is 1. The Kier molecular flexibility index (Phi) is 6.38. The molecule has 0 bridgehead atoms. The Balaban J connectivity index is 1.58. The molecule has 0 radical (unpaired) electrons. The van der Waals surface area contributed by atoms with Crippen LogP contribution in [0.3, 0.4) is 0 Å². The van der Waals surface area contributed by atoms with Crippen LogP contribution in [0.4, 0.5) is 15.8 Å². The number of anilines is 2. The molecule has 148 valence electrons. The maximum Gasteiger partial charge on any atom is 0.232 e. The van der Waals surface area contributed by atoms with Crippen molar-refractivity contribution in [1.82, 2.24) is 0 Å². The fourth-order valence-electron chi connectivity index (χ4n) is 3.20. The van der Waals surface area contributed by atoms with Gasteiger partial charge in [0.2, 0.25) is 11.8 Å². The van der Waals surface area contributed by atoms with Gasteiger partial charge in [0.1, 0.15) is 5.82 Å². The summed E-state index contributed by atoms with van der Waals surface area (Å²) in [5, 5.41) is 5.46. The minimum Gasteiger partial charge on any atom is -0.381 e. The normalized spacial score (nSPS) is 15.6. The molecule has 6 nitrogen and oxygen atoms in total. The molecule has 0 spiro atoms. The summed E-state index contributed by atoms with van der Waals surface area (Å²) < 4.78 is 18.9. The van der Waals surface area contributed by atoms with E-state index in [0.29, 0.717) is 31.7 Å². The number of carbonyl (C=O) groups is 2. The Hall–Kier alpha value is -2.77. The summed E-state index contributed by atoms with van der Waals surface area (Å²) in [4.78, 5) is 24.8. The summed E-state index contributed by atoms with van der Waals surface area (Å²) in [7, 11) is 0. The zero-order valence-electron chi connectivity index (χ0n) is 15.5. The highest BCUT2D eigenvalue weighted by atomic mass is 19.1. The minimum atomic E-state index is -0.601. The largest absolute Gasteiger partial charge is 0.381 e. The van der Waals surface area contributed by atoms with Gasteiger partial charge >= 0.3 is 0 Å². The summed E-state index contributed by atoms with van der Waals surface area (Å²) in [5.74, 6) is -0.898. The predicted octanol–water partition coefficient (Wildman–Crippen LogP) is 2.70. The lowest BCUT2D eigenvalue weighted by Crippen LogP contribution is -2.46. The van der Waals surface area contributed by atoms with Crippen LogP contribution in [0, 0.1) is 11.2 Å². The van der Waals surface area contributed by atoms with Gasteiger partial charge < -0.3 is 21.1 Å². The molecule has 1 fully saturated rings. The van der Waals surface area contributed by atoms with Crippen LogP contribution in [0.25, 0.3) is 0 Å². The third kappa shape index (κ3) is 4.74. The molecule has 3 rings (SSSR count). The van der Waals surface area contributed by atoms with E-state index in [0.717, 1.165) is 5.56 Å². The van der Waals surface area contributed by atoms with Crippen LogP contribution in [0.15, 0.2) is 48.5 Å². The van der Waals surface area contributed by atoms with Gasteiger partial charge in [0.05, 0.1) is 17.5 Å². The monoisotopic (exact) mass is 385 g/mol. The second-order valence-electron chi connectivity index (χ2n) is 6.95. The summed E-state index contributed by atoms with van der Waals surface area (Å²) in [6, 6.07) is 13.0.